The van der Waals surface area contributed by atoms with Crippen LogP contribution in [0.25, 0.3) is 33.4 Å². The molecule has 0 saturated heterocycles. The largest absolute Gasteiger partial charge is 0.489 e. The van der Waals surface area contributed by atoms with Crippen molar-refractivity contribution in [1.29, 1.82) is 0 Å². The van der Waals surface area contributed by atoms with Crippen LogP contribution in [0.2, 0.25) is 0 Å². The minimum atomic E-state index is -0.571. The molecule has 3 heterocycles. The summed E-state index contributed by atoms with van der Waals surface area (Å²) in [6.45, 7) is 7.89. The number of fused-ring (bicyclic) bond motifs is 1. The second-order valence-corrected chi connectivity index (χ2v) is 9.41. The van der Waals surface area contributed by atoms with Crippen LogP contribution >= 0.6 is 0 Å². The van der Waals surface area contributed by atoms with Gasteiger partial charge in [-0.05, 0) is 69.2 Å². The number of aromatic amines is 1. The number of benzene rings is 1. The fraction of sp³-hybridized carbons (Fsp3) is 0.296. The maximum Gasteiger partial charge on any atom is 0.410 e. The predicted molar refractivity (Wildman–Crippen MR) is 134 cm³/mol. The lowest BCUT2D eigenvalue weighted by Gasteiger charge is -2.24. The van der Waals surface area contributed by atoms with Gasteiger partial charge in [-0.2, -0.15) is 0 Å². The van der Waals surface area contributed by atoms with Gasteiger partial charge in [-0.15, -0.1) is 0 Å². The third-order valence-corrected chi connectivity index (χ3v) is 5.33. The molecule has 0 fully saturated rings. The highest BCUT2D eigenvalue weighted by atomic mass is 19.1. The number of hydrogen-bond acceptors (Lipinski definition) is 5. The summed E-state index contributed by atoms with van der Waals surface area (Å²) >= 11 is 0. The Hall–Kier alpha value is -3.94. The molecule has 0 saturated carbocycles. The number of nitrogens with zero attached hydrogens (tertiary/aromatic N) is 3. The first-order chi connectivity index (χ1) is 16.6. The summed E-state index contributed by atoms with van der Waals surface area (Å²) < 4.78 is 25.8. The van der Waals surface area contributed by atoms with Gasteiger partial charge in [0, 0.05) is 30.6 Å². The van der Waals surface area contributed by atoms with E-state index < -0.39 is 11.7 Å². The molecule has 0 atom stereocenters. The van der Waals surface area contributed by atoms with E-state index in [1.807, 2.05) is 52.0 Å². The standard InChI is InChI=1S/C27H29FN4O3/c1-17-13-18(15-19(28)14-17)23-24(31-21-7-6-9-30-25(21)23)20-8-10-29-16-22(20)34-12-11-32(5)26(33)35-27(2,3)4/h6-10,13-16,31H,11-12H2,1-5H3. The number of rotatable bonds is 6. The molecular weight excluding hydrogens is 447 g/mol. The zero-order valence-corrected chi connectivity index (χ0v) is 20.6. The van der Waals surface area contributed by atoms with E-state index in [0.29, 0.717) is 12.3 Å². The van der Waals surface area contributed by atoms with Gasteiger partial charge in [-0.25, -0.2) is 9.18 Å². The molecule has 1 aromatic carbocycles. The molecule has 1 N–H and O–H groups in total. The first-order valence-corrected chi connectivity index (χ1v) is 11.4. The van der Waals surface area contributed by atoms with E-state index in [2.05, 4.69) is 15.0 Å². The van der Waals surface area contributed by atoms with Gasteiger partial charge in [0.1, 0.15) is 23.8 Å². The van der Waals surface area contributed by atoms with Crippen molar-refractivity contribution in [1.82, 2.24) is 19.9 Å². The van der Waals surface area contributed by atoms with Gasteiger partial charge in [0.15, 0.2) is 0 Å². The molecule has 4 aromatic rings. The Balaban J connectivity index is 1.66. The van der Waals surface area contributed by atoms with Gasteiger partial charge in [0.25, 0.3) is 0 Å². The SMILES string of the molecule is Cc1cc(F)cc(-c2c(-c3ccncc3OCCN(C)C(=O)OC(C)(C)C)[nH]c3cccnc23)c1. The minimum Gasteiger partial charge on any atom is -0.489 e. The molecule has 0 unspecified atom stereocenters. The number of hydrogen-bond donors (Lipinski definition) is 1. The van der Waals surface area contributed by atoms with Crippen LogP contribution in [0.5, 0.6) is 5.75 Å². The highest BCUT2D eigenvalue weighted by Crippen LogP contribution is 2.40. The summed E-state index contributed by atoms with van der Waals surface area (Å²) in [5, 5.41) is 0. The fourth-order valence-electron chi connectivity index (χ4n) is 3.81. The summed E-state index contributed by atoms with van der Waals surface area (Å²) in [6.07, 6.45) is 4.60. The fourth-order valence-corrected chi connectivity index (χ4v) is 3.81. The molecule has 3 aromatic heterocycles. The van der Waals surface area contributed by atoms with Crippen molar-refractivity contribution in [2.45, 2.75) is 33.3 Å². The van der Waals surface area contributed by atoms with Crippen molar-refractivity contribution in [2.75, 3.05) is 20.2 Å². The Morgan fingerprint density at radius 2 is 1.97 bits per heavy atom. The molecule has 8 heteroatoms. The van der Waals surface area contributed by atoms with Crippen LogP contribution in [-0.2, 0) is 4.74 Å². The predicted octanol–water partition coefficient (Wildman–Crippen LogP) is 5.99. The maximum absolute atomic E-state index is 14.3. The van der Waals surface area contributed by atoms with E-state index in [-0.39, 0.29) is 12.4 Å². The first kappa shape index (κ1) is 24.2. The molecule has 0 aliphatic rings. The Morgan fingerprint density at radius 3 is 2.71 bits per heavy atom. The zero-order valence-electron chi connectivity index (χ0n) is 20.6. The number of aromatic nitrogens is 3. The molecular formula is C27H29FN4O3. The van der Waals surface area contributed by atoms with Crippen LogP contribution in [0.3, 0.4) is 0 Å². The number of pyridine rings is 2. The van der Waals surface area contributed by atoms with Gasteiger partial charge in [0.2, 0.25) is 0 Å². The van der Waals surface area contributed by atoms with Crippen molar-refractivity contribution in [3.05, 3.63) is 66.4 Å². The summed E-state index contributed by atoms with van der Waals surface area (Å²) in [7, 11) is 1.66. The normalized spacial score (nSPS) is 11.5. The van der Waals surface area contributed by atoms with E-state index in [4.69, 9.17) is 9.47 Å². The molecule has 1 amide bonds. The Bertz CT molecular complexity index is 1340. The van der Waals surface area contributed by atoms with Gasteiger partial charge in [0.05, 0.1) is 29.5 Å². The number of nitrogens with one attached hydrogen (secondary N) is 1. The summed E-state index contributed by atoms with van der Waals surface area (Å²) in [5.41, 5.74) is 4.81. The first-order valence-electron chi connectivity index (χ1n) is 11.4. The quantitative estimate of drug-likeness (QED) is 0.370. The van der Waals surface area contributed by atoms with E-state index in [9.17, 15) is 9.18 Å². The van der Waals surface area contributed by atoms with Crippen molar-refractivity contribution in [3.63, 3.8) is 0 Å². The number of ether oxygens (including phenoxy) is 2. The number of carbonyl (C=O) groups is 1. The number of H-pyrrole nitrogens is 1. The van der Waals surface area contributed by atoms with E-state index in [1.54, 1.807) is 25.6 Å². The average molecular weight is 477 g/mol. The molecule has 182 valence electrons. The molecule has 0 radical (unpaired) electrons. The Labute approximate surface area is 203 Å². The number of amides is 1. The number of likely N-dealkylation sites (N-methyl/N-ethyl adjacent to an activating group) is 1. The average Bonchev–Trinajstić information content (AvgIpc) is 3.17. The molecule has 4 rings (SSSR count). The van der Waals surface area contributed by atoms with Gasteiger partial charge in [-0.1, -0.05) is 6.07 Å². The van der Waals surface area contributed by atoms with Crippen LogP contribution in [-0.4, -0.2) is 51.7 Å². The molecule has 0 bridgehead atoms. The third-order valence-electron chi connectivity index (χ3n) is 5.33. The van der Waals surface area contributed by atoms with Crippen LogP contribution in [0.4, 0.5) is 9.18 Å². The topological polar surface area (TPSA) is 80.3 Å². The Morgan fingerprint density at radius 1 is 1.17 bits per heavy atom. The van der Waals surface area contributed by atoms with Crippen molar-refractivity contribution in [3.8, 4) is 28.1 Å². The van der Waals surface area contributed by atoms with Crippen LogP contribution < -0.4 is 4.74 Å². The number of aryl methyl sites for hydroxylation is 1. The van der Waals surface area contributed by atoms with Gasteiger partial charge >= 0.3 is 6.09 Å². The summed E-state index contributed by atoms with van der Waals surface area (Å²) in [6, 6.07) is 10.5. The second-order valence-electron chi connectivity index (χ2n) is 9.41. The second kappa shape index (κ2) is 9.74. The monoisotopic (exact) mass is 476 g/mol. The molecule has 0 spiro atoms. The summed E-state index contributed by atoms with van der Waals surface area (Å²) in [5.74, 6) is 0.221. The number of carbonyl (C=O) groups excluding carboxylic acids is 1. The van der Waals surface area contributed by atoms with Crippen LogP contribution in [0.1, 0.15) is 26.3 Å². The summed E-state index contributed by atoms with van der Waals surface area (Å²) in [4.78, 5) is 25.9. The van der Waals surface area contributed by atoms with Crippen LogP contribution in [0.15, 0.2) is 55.0 Å². The van der Waals surface area contributed by atoms with Crippen LogP contribution in [0, 0.1) is 12.7 Å². The van der Waals surface area contributed by atoms with Crippen molar-refractivity contribution >= 4 is 17.1 Å². The molecule has 0 aliphatic carbocycles. The molecule has 7 nitrogen and oxygen atoms in total. The van der Waals surface area contributed by atoms with Gasteiger partial charge in [-0.3, -0.25) is 9.97 Å². The smallest absolute Gasteiger partial charge is 0.410 e. The maximum atomic E-state index is 14.3. The number of halogens is 1. The van der Waals surface area contributed by atoms with E-state index in [1.165, 1.54) is 17.0 Å². The lowest BCUT2D eigenvalue weighted by atomic mass is 9.99. The minimum absolute atomic E-state index is 0.237. The highest BCUT2D eigenvalue weighted by Gasteiger charge is 2.21. The Kier molecular flexibility index (Phi) is 6.73. The van der Waals surface area contributed by atoms with Crippen molar-refractivity contribution in [2.24, 2.45) is 0 Å². The molecule has 35 heavy (non-hydrogen) atoms. The molecule has 0 aliphatic heterocycles. The van der Waals surface area contributed by atoms with E-state index >= 15 is 0 Å². The van der Waals surface area contributed by atoms with Crippen molar-refractivity contribution < 1.29 is 18.7 Å². The zero-order chi connectivity index (χ0) is 25.2. The third kappa shape index (κ3) is 5.59. The lowest BCUT2D eigenvalue weighted by Crippen LogP contribution is -2.36. The van der Waals surface area contributed by atoms with Gasteiger partial charge < -0.3 is 19.4 Å². The lowest BCUT2D eigenvalue weighted by molar-refractivity contribution is 0.0278. The van der Waals surface area contributed by atoms with E-state index in [0.717, 1.165) is 39.0 Å². The highest BCUT2D eigenvalue weighted by molar-refractivity contribution is 6.02.